The molecule has 1 rings (SSSR count). The molecule has 0 heterocycles. The van der Waals surface area contributed by atoms with Gasteiger partial charge in [-0.3, -0.25) is 0 Å². The lowest BCUT2D eigenvalue weighted by molar-refractivity contribution is -0.0507. The number of hydrogen-bond acceptors (Lipinski definition) is 3. The standard InChI is InChI=1S/C14H22F2N2O.ClH/c1-14(2,9-17)10-18(3)8-11-6-4-5-7-12(11)19-13(15)16;/h4-7,13H,8-10,17H2,1-3H3;1H. The summed E-state index contributed by atoms with van der Waals surface area (Å²) in [6.07, 6.45) is 0. The molecule has 20 heavy (non-hydrogen) atoms. The zero-order valence-electron chi connectivity index (χ0n) is 12.1. The molecular weight excluding hydrogens is 286 g/mol. The molecule has 0 bridgehead atoms. The van der Waals surface area contributed by atoms with Gasteiger partial charge in [0.15, 0.2) is 0 Å². The fourth-order valence-electron chi connectivity index (χ4n) is 1.99. The highest BCUT2D eigenvalue weighted by Crippen LogP contribution is 2.23. The summed E-state index contributed by atoms with van der Waals surface area (Å²) < 4.78 is 29.1. The average molecular weight is 309 g/mol. The summed E-state index contributed by atoms with van der Waals surface area (Å²) in [4.78, 5) is 2.06. The molecule has 1 aromatic rings. The van der Waals surface area contributed by atoms with Gasteiger partial charge in [-0.1, -0.05) is 32.0 Å². The molecule has 1 aromatic carbocycles. The molecule has 3 nitrogen and oxygen atoms in total. The van der Waals surface area contributed by atoms with Gasteiger partial charge in [-0.15, -0.1) is 12.4 Å². The van der Waals surface area contributed by atoms with Crippen LogP contribution in [0.4, 0.5) is 8.78 Å². The number of rotatable bonds is 7. The van der Waals surface area contributed by atoms with Gasteiger partial charge in [0.2, 0.25) is 0 Å². The van der Waals surface area contributed by atoms with E-state index in [9.17, 15) is 8.78 Å². The van der Waals surface area contributed by atoms with Crippen LogP contribution in [0.15, 0.2) is 24.3 Å². The highest BCUT2D eigenvalue weighted by atomic mass is 35.5. The predicted octanol–water partition coefficient (Wildman–Crippen LogP) is 3.13. The third kappa shape index (κ3) is 6.50. The minimum Gasteiger partial charge on any atom is -0.434 e. The van der Waals surface area contributed by atoms with Gasteiger partial charge >= 0.3 is 6.61 Å². The van der Waals surface area contributed by atoms with Gasteiger partial charge in [-0.2, -0.15) is 8.78 Å². The van der Waals surface area contributed by atoms with Crippen molar-refractivity contribution in [2.75, 3.05) is 20.1 Å². The van der Waals surface area contributed by atoms with Crippen LogP contribution < -0.4 is 10.5 Å². The molecule has 0 atom stereocenters. The lowest BCUT2D eigenvalue weighted by atomic mass is 9.93. The Morgan fingerprint density at radius 2 is 1.90 bits per heavy atom. The summed E-state index contributed by atoms with van der Waals surface area (Å²) in [6, 6.07) is 6.85. The van der Waals surface area contributed by atoms with E-state index in [2.05, 4.69) is 23.5 Å². The first-order valence-corrected chi connectivity index (χ1v) is 6.25. The normalized spacial score (nSPS) is 11.6. The third-order valence-electron chi connectivity index (χ3n) is 2.88. The highest BCUT2D eigenvalue weighted by Gasteiger charge is 2.19. The van der Waals surface area contributed by atoms with Crippen molar-refractivity contribution in [3.63, 3.8) is 0 Å². The van der Waals surface area contributed by atoms with Crippen LogP contribution in [0.1, 0.15) is 19.4 Å². The van der Waals surface area contributed by atoms with E-state index < -0.39 is 6.61 Å². The van der Waals surface area contributed by atoms with Gasteiger partial charge in [0.25, 0.3) is 0 Å². The average Bonchev–Trinajstić information content (AvgIpc) is 2.30. The Morgan fingerprint density at radius 1 is 1.30 bits per heavy atom. The van der Waals surface area contributed by atoms with Gasteiger partial charge < -0.3 is 15.4 Å². The molecule has 0 aliphatic heterocycles. The third-order valence-corrected chi connectivity index (χ3v) is 2.88. The second kappa shape index (κ2) is 8.39. The smallest absolute Gasteiger partial charge is 0.387 e. The Balaban J connectivity index is 0.00000361. The fraction of sp³-hybridized carbons (Fsp3) is 0.571. The summed E-state index contributed by atoms with van der Waals surface area (Å²) in [6.45, 7) is 3.26. The minimum absolute atomic E-state index is 0. The van der Waals surface area contributed by atoms with Crippen LogP contribution in [-0.2, 0) is 6.54 Å². The summed E-state index contributed by atoms with van der Waals surface area (Å²) in [5.74, 6) is 0.231. The summed E-state index contributed by atoms with van der Waals surface area (Å²) >= 11 is 0. The Labute approximate surface area is 125 Å². The van der Waals surface area contributed by atoms with Crippen LogP contribution in [-0.4, -0.2) is 31.6 Å². The van der Waals surface area contributed by atoms with E-state index in [1.165, 1.54) is 0 Å². The summed E-state index contributed by atoms with van der Waals surface area (Å²) in [5.41, 5.74) is 6.43. The van der Waals surface area contributed by atoms with Gasteiger partial charge in [0.05, 0.1) is 0 Å². The van der Waals surface area contributed by atoms with Crippen molar-refractivity contribution in [1.29, 1.82) is 0 Å². The van der Waals surface area contributed by atoms with Crippen molar-refractivity contribution in [3.8, 4) is 5.75 Å². The van der Waals surface area contributed by atoms with Crippen LogP contribution in [0.3, 0.4) is 0 Å². The van der Waals surface area contributed by atoms with Crippen molar-refractivity contribution in [3.05, 3.63) is 29.8 Å². The number of hydrogen-bond donors (Lipinski definition) is 1. The van der Waals surface area contributed by atoms with Gasteiger partial charge in [-0.05, 0) is 25.1 Å². The second-order valence-corrected chi connectivity index (χ2v) is 5.53. The maximum absolute atomic E-state index is 12.3. The molecule has 0 amide bonds. The Morgan fingerprint density at radius 3 is 2.45 bits per heavy atom. The predicted molar refractivity (Wildman–Crippen MR) is 79.5 cm³/mol. The molecule has 0 spiro atoms. The largest absolute Gasteiger partial charge is 0.434 e. The van der Waals surface area contributed by atoms with E-state index in [0.717, 1.165) is 12.1 Å². The van der Waals surface area contributed by atoms with Crippen molar-refractivity contribution in [2.45, 2.75) is 27.0 Å². The number of alkyl halides is 2. The van der Waals surface area contributed by atoms with Crippen LogP contribution in [0.2, 0.25) is 0 Å². The zero-order chi connectivity index (χ0) is 14.5. The van der Waals surface area contributed by atoms with Crippen LogP contribution >= 0.6 is 12.4 Å². The SMILES string of the molecule is CN(Cc1ccccc1OC(F)F)CC(C)(C)CN.Cl. The van der Waals surface area contributed by atoms with Crippen LogP contribution in [0.25, 0.3) is 0 Å². The first-order valence-electron chi connectivity index (χ1n) is 6.25. The first-order chi connectivity index (χ1) is 8.84. The van der Waals surface area contributed by atoms with E-state index in [-0.39, 0.29) is 23.6 Å². The summed E-state index contributed by atoms with van der Waals surface area (Å²) in [7, 11) is 1.94. The lowest BCUT2D eigenvalue weighted by Crippen LogP contribution is -2.36. The number of nitrogens with two attached hydrogens (primary N) is 1. The van der Waals surface area contributed by atoms with E-state index in [1.807, 2.05) is 13.1 Å². The molecule has 0 aliphatic rings. The molecular formula is C14H23ClF2N2O. The Hall–Kier alpha value is -0.910. The molecule has 0 aliphatic carbocycles. The van der Waals surface area contributed by atoms with Crippen LogP contribution in [0, 0.1) is 5.41 Å². The molecule has 0 aromatic heterocycles. The van der Waals surface area contributed by atoms with Crippen molar-refractivity contribution in [2.24, 2.45) is 11.1 Å². The molecule has 0 saturated carbocycles. The minimum atomic E-state index is -2.80. The van der Waals surface area contributed by atoms with E-state index in [1.54, 1.807) is 18.2 Å². The summed E-state index contributed by atoms with van der Waals surface area (Å²) in [5, 5.41) is 0. The Kier molecular flexibility index (Phi) is 8.01. The highest BCUT2D eigenvalue weighted by molar-refractivity contribution is 5.85. The number of ether oxygens (including phenoxy) is 1. The molecule has 6 heteroatoms. The van der Waals surface area contributed by atoms with Gasteiger partial charge in [-0.25, -0.2) is 0 Å². The van der Waals surface area contributed by atoms with E-state index >= 15 is 0 Å². The topological polar surface area (TPSA) is 38.5 Å². The molecule has 0 unspecified atom stereocenters. The van der Waals surface area contributed by atoms with E-state index in [0.29, 0.717) is 13.1 Å². The number of benzene rings is 1. The number of halogens is 3. The molecule has 0 fully saturated rings. The van der Waals surface area contributed by atoms with Crippen LogP contribution in [0.5, 0.6) is 5.75 Å². The second-order valence-electron chi connectivity index (χ2n) is 5.53. The zero-order valence-corrected chi connectivity index (χ0v) is 12.9. The monoisotopic (exact) mass is 308 g/mol. The van der Waals surface area contributed by atoms with Crippen molar-refractivity contribution >= 4 is 12.4 Å². The molecule has 0 radical (unpaired) electrons. The van der Waals surface area contributed by atoms with Gasteiger partial charge in [0.1, 0.15) is 5.75 Å². The molecule has 116 valence electrons. The lowest BCUT2D eigenvalue weighted by Gasteiger charge is -2.29. The number of para-hydroxylation sites is 1. The maximum atomic E-state index is 12.3. The first kappa shape index (κ1) is 19.1. The number of nitrogens with zero attached hydrogens (tertiary/aromatic N) is 1. The quantitative estimate of drug-likeness (QED) is 0.841. The maximum Gasteiger partial charge on any atom is 0.387 e. The Bertz CT molecular complexity index is 403. The van der Waals surface area contributed by atoms with Crippen molar-refractivity contribution < 1.29 is 13.5 Å². The van der Waals surface area contributed by atoms with E-state index in [4.69, 9.17) is 5.73 Å². The fourth-order valence-corrected chi connectivity index (χ4v) is 1.99. The van der Waals surface area contributed by atoms with Gasteiger partial charge in [0, 0.05) is 18.7 Å². The molecule has 0 saturated heterocycles. The van der Waals surface area contributed by atoms with Crippen molar-refractivity contribution in [1.82, 2.24) is 4.90 Å². The molecule has 2 N–H and O–H groups in total.